The first kappa shape index (κ1) is 17.4. The highest BCUT2D eigenvalue weighted by atomic mass is 16.6. The number of ether oxygens (including phenoxy) is 1. The number of amides is 2. The molecule has 0 bridgehead atoms. The van der Waals surface area contributed by atoms with Crippen LogP contribution < -0.4 is 0 Å². The van der Waals surface area contributed by atoms with Gasteiger partial charge in [0.1, 0.15) is 5.60 Å². The summed E-state index contributed by atoms with van der Waals surface area (Å²) in [6.45, 7) is 4.64. The van der Waals surface area contributed by atoms with Crippen LogP contribution in [0, 0.1) is 0 Å². The molecule has 0 saturated carbocycles. The van der Waals surface area contributed by atoms with E-state index in [1.54, 1.807) is 4.90 Å². The topological polar surface area (TPSA) is 78.5 Å². The van der Waals surface area contributed by atoms with E-state index in [1.165, 1.54) is 24.1 Å². The molecule has 3 aliphatic rings. The summed E-state index contributed by atoms with van der Waals surface area (Å²) >= 11 is 0. The van der Waals surface area contributed by atoms with Crippen LogP contribution in [0.15, 0.2) is 0 Å². The predicted octanol–water partition coefficient (Wildman–Crippen LogP) is 2.05. The van der Waals surface area contributed by atoms with Crippen molar-refractivity contribution in [2.24, 2.45) is 0 Å². The summed E-state index contributed by atoms with van der Waals surface area (Å²) in [6, 6.07) is 0. The van der Waals surface area contributed by atoms with Gasteiger partial charge in [-0.15, -0.1) is 0 Å². The van der Waals surface area contributed by atoms with Gasteiger partial charge in [0.2, 0.25) is 5.91 Å². The molecule has 2 fully saturated rings. The SMILES string of the molecule is CCN1CC2(CCN(C(=O)CCc3n[nH]c4c3CCCC4)CC2)OC1=O. The van der Waals surface area contributed by atoms with Gasteiger partial charge in [0.15, 0.2) is 0 Å². The Hall–Kier alpha value is -2.05. The van der Waals surface area contributed by atoms with Crippen molar-refractivity contribution < 1.29 is 14.3 Å². The third kappa shape index (κ3) is 3.19. The molecule has 0 atom stereocenters. The van der Waals surface area contributed by atoms with Crippen molar-refractivity contribution in [2.45, 2.75) is 63.9 Å². The van der Waals surface area contributed by atoms with Crippen LogP contribution in [0.25, 0.3) is 0 Å². The van der Waals surface area contributed by atoms with Crippen molar-refractivity contribution in [3.63, 3.8) is 0 Å². The van der Waals surface area contributed by atoms with Crippen molar-refractivity contribution in [3.8, 4) is 0 Å². The number of hydrogen-bond acceptors (Lipinski definition) is 4. The number of H-pyrrole nitrogens is 1. The van der Waals surface area contributed by atoms with Crippen molar-refractivity contribution in [3.05, 3.63) is 17.0 Å². The normalized spacial score (nSPS) is 21.8. The smallest absolute Gasteiger partial charge is 0.410 e. The van der Waals surface area contributed by atoms with Gasteiger partial charge in [-0.25, -0.2) is 4.79 Å². The van der Waals surface area contributed by atoms with Crippen LogP contribution in [-0.4, -0.2) is 63.8 Å². The van der Waals surface area contributed by atoms with Gasteiger partial charge >= 0.3 is 6.09 Å². The number of aromatic nitrogens is 2. The maximum absolute atomic E-state index is 12.6. The number of carbonyl (C=O) groups is 2. The van der Waals surface area contributed by atoms with E-state index >= 15 is 0 Å². The number of fused-ring (bicyclic) bond motifs is 1. The number of nitrogens with zero attached hydrogens (tertiary/aromatic N) is 3. The molecular weight excluding hydrogens is 332 g/mol. The molecule has 26 heavy (non-hydrogen) atoms. The Labute approximate surface area is 154 Å². The highest BCUT2D eigenvalue weighted by Gasteiger charge is 2.46. The summed E-state index contributed by atoms with van der Waals surface area (Å²) in [6.07, 6.45) is 7.08. The summed E-state index contributed by atoms with van der Waals surface area (Å²) in [5.41, 5.74) is 3.30. The molecule has 7 heteroatoms. The third-order valence-electron chi connectivity index (χ3n) is 6.17. The fraction of sp³-hybridized carbons (Fsp3) is 0.737. The van der Waals surface area contributed by atoms with Crippen LogP contribution in [0.5, 0.6) is 0 Å². The number of rotatable bonds is 4. The first-order chi connectivity index (χ1) is 12.6. The molecule has 1 N–H and O–H groups in total. The van der Waals surface area contributed by atoms with Crippen molar-refractivity contribution in [1.82, 2.24) is 20.0 Å². The van der Waals surface area contributed by atoms with E-state index in [-0.39, 0.29) is 17.6 Å². The number of carbonyl (C=O) groups excluding carboxylic acids is 2. The monoisotopic (exact) mass is 360 g/mol. The summed E-state index contributed by atoms with van der Waals surface area (Å²) in [5.74, 6) is 0.184. The minimum atomic E-state index is -0.384. The number of likely N-dealkylation sites (N-methyl/N-ethyl adjacent to an activating group) is 1. The Balaban J connectivity index is 1.29. The fourth-order valence-corrected chi connectivity index (χ4v) is 4.50. The minimum absolute atomic E-state index is 0.184. The minimum Gasteiger partial charge on any atom is -0.441 e. The Morgan fingerprint density at radius 3 is 2.77 bits per heavy atom. The van der Waals surface area contributed by atoms with Crippen LogP contribution in [0.3, 0.4) is 0 Å². The summed E-state index contributed by atoms with van der Waals surface area (Å²) in [5, 5.41) is 7.59. The molecule has 2 saturated heterocycles. The predicted molar refractivity (Wildman–Crippen MR) is 95.8 cm³/mol. The zero-order valence-corrected chi connectivity index (χ0v) is 15.6. The Morgan fingerprint density at radius 2 is 2.04 bits per heavy atom. The largest absolute Gasteiger partial charge is 0.441 e. The summed E-state index contributed by atoms with van der Waals surface area (Å²) in [4.78, 5) is 28.1. The molecule has 0 aromatic carbocycles. The zero-order chi connectivity index (χ0) is 18.1. The molecule has 1 aromatic rings. The molecule has 0 unspecified atom stereocenters. The fourth-order valence-electron chi connectivity index (χ4n) is 4.50. The molecule has 1 aliphatic carbocycles. The van der Waals surface area contributed by atoms with Gasteiger partial charge in [-0.3, -0.25) is 9.89 Å². The lowest BCUT2D eigenvalue weighted by Crippen LogP contribution is -2.48. The second-order valence-corrected chi connectivity index (χ2v) is 7.78. The van der Waals surface area contributed by atoms with Crippen molar-refractivity contribution in [1.29, 1.82) is 0 Å². The average Bonchev–Trinajstić information content (AvgIpc) is 3.21. The van der Waals surface area contributed by atoms with Crippen LogP contribution in [0.2, 0.25) is 0 Å². The summed E-state index contributed by atoms with van der Waals surface area (Å²) in [7, 11) is 0. The van der Waals surface area contributed by atoms with Gasteiger partial charge in [0.05, 0.1) is 12.2 Å². The Morgan fingerprint density at radius 1 is 1.27 bits per heavy atom. The maximum Gasteiger partial charge on any atom is 0.410 e. The zero-order valence-electron chi connectivity index (χ0n) is 15.6. The number of likely N-dealkylation sites (tertiary alicyclic amines) is 1. The highest BCUT2D eigenvalue weighted by molar-refractivity contribution is 5.76. The lowest BCUT2D eigenvalue weighted by molar-refractivity contribution is -0.134. The van der Waals surface area contributed by atoms with Gasteiger partial charge in [-0.05, 0) is 38.2 Å². The van der Waals surface area contributed by atoms with E-state index < -0.39 is 0 Å². The van der Waals surface area contributed by atoms with Crippen LogP contribution in [0.1, 0.15) is 56.0 Å². The number of nitrogens with one attached hydrogen (secondary N) is 1. The molecule has 142 valence electrons. The first-order valence-corrected chi connectivity index (χ1v) is 9.91. The molecule has 0 radical (unpaired) electrons. The molecule has 3 heterocycles. The number of piperidine rings is 1. The molecule has 2 amide bonds. The van der Waals surface area contributed by atoms with Gasteiger partial charge < -0.3 is 14.5 Å². The van der Waals surface area contributed by atoms with Gasteiger partial charge in [-0.2, -0.15) is 5.10 Å². The van der Waals surface area contributed by atoms with Crippen molar-refractivity contribution >= 4 is 12.0 Å². The van der Waals surface area contributed by atoms with E-state index in [4.69, 9.17) is 4.74 Å². The Bertz CT molecular complexity index is 691. The van der Waals surface area contributed by atoms with Crippen molar-refractivity contribution in [2.75, 3.05) is 26.2 Å². The van der Waals surface area contributed by atoms with E-state index in [2.05, 4.69) is 10.2 Å². The second kappa shape index (κ2) is 6.93. The second-order valence-electron chi connectivity index (χ2n) is 7.78. The van der Waals surface area contributed by atoms with E-state index in [1.807, 2.05) is 11.8 Å². The molecule has 4 rings (SSSR count). The molecule has 1 aromatic heterocycles. The highest BCUT2D eigenvalue weighted by Crippen LogP contribution is 2.33. The van der Waals surface area contributed by atoms with Crippen LogP contribution in [-0.2, 0) is 28.8 Å². The molecule has 1 spiro atoms. The van der Waals surface area contributed by atoms with Crippen LogP contribution in [0.4, 0.5) is 4.79 Å². The van der Waals surface area contributed by atoms with E-state index in [0.717, 1.165) is 31.4 Å². The number of aryl methyl sites for hydroxylation is 2. The number of aromatic amines is 1. The standard InChI is InChI=1S/C19H28N4O3/c1-2-22-13-19(26-18(22)25)9-11-23(12-10-19)17(24)8-7-16-14-5-3-4-6-15(14)20-21-16/h2-13H2,1H3,(H,20,21). The maximum atomic E-state index is 12.6. The molecule has 2 aliphatic heterocycles. The lowest BCUT2D eigenvalue weighted by atomic mass is 9.91. The van der Waals surface area contributed by atoms with Gasteiger partial charge in [-0.1, -0.05) is 0 Å². The van der Waals surface area contributed by atoms with Crippen LogP contribution >= 0.6 is 0 Å². The molecule has 7 nitrogen and oxygen atoms in total. The van der Waals surface area contributed by atoms with E-state index in [9.17, 15) is 9.59 Å². The van der Waals surface area contributed by atoms with Gasteiger partial charge in [0.25, 0.3) is 0 Å². The quantitative estimate of drug-likeness (QED) is 0.891. The Kier molecular flexibility index (Phi) is 4.63. The summed E-state index contributed by atoms with van der Waals surface area (Å²) < 4.78 is 5.64. The van der Waals surface area contributed by atoms with Gasteiger partial charge in [0, 0.05) is 51.0 Å². The molecular formula is C19H28N4O3. The number of hydrogen-bond donors (Lipinski definition) is 1. The first-order valence-electron chi connectivity index (χ1n) is 9.91. The third-order valence-corrected chi connectivity index (χ3v) is 6.17. The lowest BCUT2D eigenvalue weighted by Gasteiger charge is -2.37. The average molecular weight is 360 g/mol. The van der Waals surface area contributed by atoms with E-state index in [0.29, 0.717) is 39.0 Å².